The van der Waals surface area contributed by atoms with Gasteiger partial charge in [-0.25, -0.2) is 4.57 Å². The first kappa shape index (κ1) is 16.4. The third-order valence-corrected chi connectivity index (χ3v) is 2.04. The number of ether oxygens (including phenoxy) is 1. The summed E-state index contributed by atoms with van der Waals surface area (Å²) in [5, 5.41) is 8.61. The summed E-state index contributed by atoms with van der Waals surface area (Å²) in [5.74, 6) is 0. The van der Waals surface area contributed by atoms with Gasteiger partial charge in [-0.15, -0.1) is 0 Å². The zero-order valence-electron chi connectivity index (χ0n) is 7.70. The van der Waals surface area contributed by atoms with Crippen LogP contribution in [0.4, 0.5) is 0 Å². The van der Waals surface area contributed by atoms with Crippen LogP contribution < -0.4 is 12.3 Å². The molecule has 1 saturated heterocycles. The Morgan fingerprint density at radius 2 is 1.93 bits per heavy atom. The third-order valence-electron chi connectivity index (χ3n) is 1.53. The lowest BCUT2D eigenvalue weighted by molar-refractivity contribution is -0.0952. The van der Waals surface area contributed by atoms with Gasteiger partial charge in [-0.1, -0.05) is 0 Å². The molecule has 0 aromatic carbocycles. The van der Waals surface area contributed by atoms with Crippen LogP contribution >= 0.6 is 7.82 Å². The van der Waals surface area contributed by atoms with E-state index in [4.69, 9.17) is 19.6 Å². The van der Waals surface area contributed by atoms with Crippen molar-refractivity contribution in [1.82, 2.24) is 12.3 Å². The van der Waals surface area contributed by atoms with Gasteiger partial charge in [0.2, 0.25) is 0 Å². The van der Waals surface area contributed by atoms with E-state index in [-0.39, 0.29) is 25.0 Å². The van der Waals surface area contributed by atoms with Crippen molar-refractivity contribution in [2.24, 2.45) is 0 Å². The Morgan fingerprint density at radius 3 is 2.29 bits per heavy atom. The Kier molecular flexibility index (Phi) is 7.53. The van der Waals surface area contributed by atoms with Gasteiger partial charge in [0.15, 0.2) is 6.29 Å². The quantitative estimate of drug-likeness (QED) is 0.421. The van der Waals surface area contributed by atoms with Crippen LogP contribution in [0, 0.1) is 0 Å². The highest BCUT2D eigenvalue weighted by atomic mass is 31.2. The molecule has 14 heavy (non-hydrogen) atoms. The third kappa shape index (κ3) is 5.63. The van der Waals surface area contributed by atoms with E-state index in [1.807, 2.05) is 0 Å². The van der Waals surface area contributed by atoms with E-state index >= 15 is 0 Å². The highest BCUT2D eigenvalue weighted by Crippen LogP contribution is 2.40. The van der Waals surface area contributed by atoms with Crippen LogP contribution in [0.1, 0.15) is 12.8 Å². The van der Waals surface area contributed by atoms with Gasteiger partial charge in [0.05, 0.1) is 12.7 Å². The molecule has 0 aromatic heterocycles. The molecule has 88 valence electrons. The number of aliphatic hydroxyl groups excluding tert-OH is 1. The summed E-state index contributed by atoms with van der Waals surface area (Å²) in [5.41, 5.74) is 0. The van der Waals surface area contributed by atoms with Crippen molar-refractivity contribution in [2.75, 3.05) is 6.61 Å². The highest BCUT2D eigenvalue weighted by molar-refractivity contribution is 7.46. The molecule has 1 rings (SSSR count). The normalized spacial score (nSPS) is 26.5. The van der Waals surface area contributed by atoms with Crippen LogP contribution in [-0.2, 0) is 13.8 Å². The number of rotatable bonds is 3. The highest BCUT2D eigenvalue weighted by Gasteiger charge is 2.30. The van der Waals surface area contributed by atoms with E-state index in [9.17, 15) is 4.57 Å². The van der Waals surface area contributed by atoms with E-state index in [0.29, 0.717) is 12.8 Å². The molecule has 0 bridgehead atoms. The molecule has 1 fully saturated rings. The van der Waals surface area contributed by atoms with Crippen molar-refractivity contribution in [1.29, 1.82) is 0 Å². The van der Waals surface area contributed by atoms with E-state index in [1.165, 1.54) is 0 Å². The van der Waals surface area contributed by atoms with Crippen LogP contribution in [0.25, 0.3) is 0 Å². The number of phosphoric acid groups is 1. The standard InChI is InChI=1S/C5H11O6P.2H3N/c6-3-4-1-2-5(10-4)11-12(7,8)9;;/h4-6H,1-3H2,(H2,7,8,9);2*1H3/t4-,5+;;/m0../s1. The van der Waals surface area contributed by atoms with Gasteiger partial charge in [-0.05, 0) is 6.42 Å². The molecule has 2 atom stereocenters. The van der Waals surface area contributed by atoms with Crippen molar-refractivity contribution in [3.63, 3.8) is 0 Å². The molecule has 9 heteroatoms. The van der Waals surface area contributed by atoms with Gasteiger partial charge in [-0.2, -0.15) is 0 Å². The lowest BCUT2D eigenvalue weighted by atomic mass is 10.2. The lowest BCUT2D eigenvalue weighted by Gasteiger charge is -2.12. The van der Waals surface area contributed by atoms with Gasteiger partial charge < -0.3 is 31.9 Å². The molecular formula is C5H17N2O6P. The van der Waals surface area contributed by atoms with Gasteiger partial charge in [0, 0.05) is 6.42 Å². The van der Waals surface area contributed by atoms with Gasteiger partial charge in [0.25, 0.3) is 0 Å². The maximum Gasteiger partial charge on any atom is 0.471 e. The van der Waals surface area contributed by atoms with Crippen LogP contribution in [0.15, 0.2) is 0 Å². The zero-order valence-corrected chi connectivity index (χ0v) is 8.60. The lowest BCUT2D eigenvalue weighted by Crippen LogP contribution is -2.15. The van der Waals surface area contributed by atoms with Crippen molar-refractivity contribution in [2.45, 2.75) is 25.2 Å². The Labute approximate surface area is 81.6 Å². The molecule has 9 N–H and O–H groups in total. The first-order valence-corrected chi connectivity index (χ1v) is 5.04. The van der Waals surface area contributed by atoms with Crippen molar-refractivity contribution in [3.05, 3.63) is 0 Å². The summed E-state index contributed by atoms with van der Waals surface area (Å²) < 4.78 is 19.5. The van der Waals surface area contributed by atoms with E-state index in [0.717, 1.165) is 0 Å². The number of phosphoric ester groups is 1. The number of hydrogen-bond acceptors (Lipinski definition) is 6. The largest absolute Gasteiger partial charge is 0.471 e. The first-order valence-electron chi connectivity index (χ1n) is 3.51. The van der Waals surface area contributed by atoms with Crippen LogP contribution in [0.5, 0.6) is 0 Å². The average molecular weight is 232 g/mol. The monoisotopic (exact) mass is 232 g/mol. The zero-order chi connectivity index (χ0) is 9.19. The molecule has 0 radical (unpaired) electrons. The van der Waals surface area contributed by atoms with E-state index in [1.54, 1.807) is 0 Å². The molecule has 8 nitrogen and oxygen atoms in total. The predicted octanol–water partition coefficient (Wildman–Crippen LogP) is -0.0829. The average Bonchev–Trinajstić information content (AvgIpc) is 2.32. The van der Waals surface area contributed by atoms with Crippen LogP contribution in [0.3, 0.4) is 0 Å². The minimum Gasteiger partial charge on any atom is -0.394 e. The van der Waals surface area contributed by atoms with Crippen molar-refractivity contribution < 1.29 is 28.7 Å². The minimum absolute atomic E-state index is 0. The molecule has 0 aromatic rings. The molecule has 1 aliphatic heterocycles. The minimum atomic E-state index is -4.46. The molecule has 0 saturated carbocycles. The second-order valence-corrected chi connectivity index (χ2v) is 3.74. The van der Waals surface area contributed by atoms with Crippen LogP contribution in [-0.4, -0.2) is 33.9 Å². The first-order chi connectivity index (χ1) is 5.51. The molecular weight excluding hydrogens is 215 g/mol. The molecule has 0 aliphatic carbocycles. The summed E-state index contributed by atoms with van der Waals surface area (Å²) in [4.78, 5) is 16.8. The summed E-state index contributed by atoms with van der Waals surface area (Å²) in [6.45, 7) is -0.152. The second-order valence-electron chi connectivity index (χ2n) is 2.54. The smallest absolute Gasteiger partial charge is 0.394 e. The molecule has 1 aliphatic rings. The Bertz CT molecular complexity index is 197. The fourth-order valence-corrected chi connectivity index (χ4v) is 1.50. The summed E-state index contributed by atoms with van der Waals surface area (Å²) in [6, 6.07) is 0. The maximum atomic E-state index is 10.3. The molecule has 0 amide bonds. The molecule has 0 unspecified atom stereocenters. The SMILES string of the molecule is N.N.O=P(O)(O)O[C@@H]1CC[C@@H](CO)O1. The van der Waals surface area contributed by atoms with Crippen molar-refractivity contribution >= 4 is 7.82 Å². The predicted molar refractivity (Wildman–Crippen MR) is 48.2 cm³/mol. The number of aliphatic hydroxyl groups is 1. The van der Waals surface area contributed by atoms with E-state index in [2.05, 4.69) is 4.52 Å². The van der Waals surface area contributed by atoms with Crippen molar-refractivity contribution in [3.8, 4) is 0 Å². The van der Waals surface area contributed by atoms with Gasteiger partial charge in [-0.3, -0.25) is 4.52 Å². The second kappa shape index (κ2) is 6.44. The summed E-state index contributed by atoms with van der Waals surface area (Å²) in [6.07, 6.45) is -0.290. The van der Waals surface area contributed by atoms with E-state index < -0.39 is 14.1 Å². The maximum absolute atomic E-state index is 10.3. The Hall–Kier alpha value is -0.0500. The topological polar surface area (TPSA) is 166 Å². The Balaban J connectivity index is 0. The fraction of sp³-hybridized carbons (Fsp3) is 1.00. The summed E-state index contributed by atoms with van der Waals surface area (Å²) >= 11 is 0. The van der Waals surface area contributed by atoms with Gasteiger partial charge in [0.1, 0.15) is 0 Å². The molecule has 0 spiro atoms. The number of hydrogen-bond donors (Lipinski definition) is 5. The van der Waals surface area contributed by atoms with Crippen LogP contribution in [0.2, 0.25) is 0 Å². The Morgan fingerprint density at radius 1 is 1.36 bits per heavy atom. The van der Waals surface area contributed by atoms with Gasteiger partial charge >= 0.3 is 7.82 Å². The summed E-state index contributed by atoms with van der Waals surface area (Å²) in [7, 11) is -4.46. The molecule has 1 heterocycles. The fourth-order valence-electron chi connectivity index (χ4n) is 1.04.